The van der Waals surface area contributed by atoms with Gasteiger partial charge < -0.3 is 9.47 Å². The number of ketones is 1. The smallest absolute Gasteiger partial charge is 0.220 e. The molecule has 0 bridgehead atoms. The highest BCUT2D eigenvalue weighted by Gasteiger charge is 2.29. The maximum atomic E-state index is 12.6. The second-order valence-corrected chi connectivity index (χ2v) is 9.71. The number of nitrogens with zero attached hydrogens (tertiary/aromatic N) is 3. The van der Waals surface area contributed by atoms with Crippen molar-refractivity contribution in [3.8, 4) is 11.8 Å². The molecule has 10 nitrogen and oxygen atoms in total. The molecule has 0 aliphatic heterocycles. The second-order valence-electron chi connectivity index (χ2n) is 5.55. The number of hydrogen-bond donors (Lipinski definition) is 0. The molecule has 0 aliphatic carbocycles. The molecule has 28 heavy (non-hydrogen) atoms. The minimum absolute atomic E-state index is 0.0128. The number of methoxy groups -OCH3 is 2. The third-order valence-electron chi connectivity index (χ3n) is 3.60. The molecule has 0 aromatic carbocycles. The summed E-state index contributed by atoms with van der Waals surface area (Å²) in [4.78, 5) is 23.5. The number of hydrogen-bond acceptors (Lipinski definition) is 10. The number of ether oxygens (including phenoxy) is 2. The average molecular weight is 429 g/mol. The van der Waals surface area contributed by atoms with E-state index in [0.29, 0.717) is 0 Å². The van der Waals surface area contributed by atoms with Crippen LogP contribution in [-0.4, -0.2) is 63.3 Å². The van der Waals surface area contributed by atoms with Gasteiger partial charge in [0.2, 0.25) is 21.6 Å². The molecule has 0 unspecified atom stereocenters. The van der Waals surface area contributed by atoms with E-state index in [-0.39, 0.29) is 23.3 Å². The van der Waals surface area contributed by atoms with Crippen molar-refractivity contribution in [2.45, 2.75) is 23.3 Å². The zero-order valence-electron chi connectivity index (χ0n) is 15.4. The fraction of sp³-hybridized carbons (Fsp3) is 0.375. The number of carbonyl (C=O) groups is 1. The van der Waals surface area contributed by atoms with Crippen LogP contribution in [0.3, 0.4) is 0 Å². The highest BCUT2D eigenvalue weighted by atomic mass is 32.2. The quantitative estimate of drug-likeness (QED) is 0.545. The van der Waals surface area contributed by atoms with Gasteiger partial charge in [-0.1, -0.05) is 6.92 Å². The first-order valence-electron chi connectivity index (χ1n) is 8.01. The van der Waals surface area contributed by atoms with Gasteiger partial charge in [-0.25, -0.2) is 21.8 Å². The summed E-state index contributed by atoms with van der Waals surface area (Å²) in [6.45, 7) is 1.39. The predicted molar refractivity (Wildman–Crippen MR) is 97.9 cm³/mol. The van der Waals surface area contributed by atoms with Crippen LogP contribution in [0.1, 0.15) is 12.7 Å². The summed E-state index contributed by atoms with van der Waals surface area (Å²) < 4.78 is 59.5. The Morgan fingerprint density at radius 2 is 1.64 bits per heavy atom. The Balaban J connectivity index is 2.30. The Bertz CT molecular complexity index is 1060. The maximum Gasteiger partial charge on any atom is 0.220 e. The van der Waals surface area contributed by atoms with Crippen LogP contribution in [0.4, 0.5) is 0 Å². The maximum absolute atomic E-state index is 12.6. The molecule has 2 rings (SSSR count). The van der Waals surface area contributed by atoms with Gasteiger partial charge in [0.1, 0.15) is 16.5 Å². The van der Waals surface area contributed by atoms with Gasteiger partial charge >= 0.3 is 0 Å². The minimum atomic E-state index is -4.29. The first kappa shape index (κ1) is 21.7. The lowest BCUT2D eigenvalue weighted by Gasteiger charge is -2.09. The molecule has 2 aromatic heterocycles. The SMILES string of the molecule is CCS(=O)(=O)c1cccnc1S(=O)(=O)CC(=O)Cc1nc(OC)cc(OC)n1. The molecule has 2 heterocycles. The molecule has 0 atom stereocenters. The van der Waals surface area contributed by atoms with Crippen LogP contribution >= 0.6 is 0 Å². The molecule has 0 saturated heterocycles. The molecule has 0 radical (unpaired) electrons. The van der Waals surface area contributed by atoms with E-state index in [2.05, 4.69) is 15.0 Å². The van der Waals surface area contributed by atoms with Crippen molar-refractivity contribution in [3.05, 3.63) is 30.2 Å². The van der Waals surface area contributed by atoms with Gasteiger partial charge in [-0.2, -0.15) is 9.97 Å². The van der Waals surface area contributed by atoms with Crippen molar-refractivity contribution in [1.29, 1.82) is 0 Å². The van der Waals surface area contributed by atoms with E-state index in [1.165, 1.54) is 33.3 Å². The van der Waals surface area contributed by atoms with Gasteiger partial charge in [-0.05, 0) is 12.1 Å². The lowest BCUT2D eigenvalue weighted by Crippen LogP contribution is -2.22. The largest absolute Gasteiger partial charge is 0.481 e. The minimum Gasteiger partial charge on any atom is -0.481 e. The molecule has 0 fully saturated rings. The highest BCUT2D eigenvalue weighted by Crippen LogP contribution is 2.21. The van der Waals surface area contributed by atoms with E-state index in [1.807, 2.05) is 0 Å². The molecule has 0 N–H and O–H groups in total. The normalized spacial score (nSPS) is 11.8. The monoisotopic (exact) mass is 429 g/mol. The summed E-state index contributed by atoms with van der Waals surface area (Å²) >= 11 is 0. The Labute approximate surface area is 162 Å². The number of sulfone groups is 2. The zero-order chi connectivity index (χ0) is 20.9. The fourth-order valence-corrected chi connectivity index (χ4v) is 5.18. The van der Waals surface area contributed by atoms with E-state index in [0.717, 1.165) is 12.3 Å². The van der Waals surface area contributed by atoms with Crippen LogP contribution in [0.5, 0.6) is 11.8 Å². The third-order valence-corrected chi connectivity index (χ3v) is 7.10. The second kappa shape index (κ2) is 8.61. The van der Waals surface area contributed by atoms with Gasteiger partial charge in [0, 0.05) is 6.20 Å². The van der Waals surface area contributed by atoms with Crippen molar-refractivity contribution in [2.24, 2.45) is 0 Å². The average Bonchev–Trinajstić information content (AvgIpc) is 2.67. The molecule has 2 aromatic rings. The molecule has 152 valence electrons. The summed E-state index contributed by atoms with van der Waals surface area (Å²) in [6, 6.07) is 3.87. The van der Waals surface area contributed by atoms with Gasteiger partial charge in [-0.3, -0.25) is 4.79 Å². The van der Waals surface area contributed by atoms with Crippen LogP contribution in [0, 0.1) is 0 Å². The van der Waals surface area contributed by atoms with E-state index in [9.17, 15) is 21.6 Å². The van der Waals surface area contributed by atoms with Crippen molar-refractivity contribution >= 4 is 25.5 Å². The van der Waals surface area contributed by atoms with Crippen molar-refractivity contribution in [3.63, 3.8) is 0 Å². The first-order chi connectivity index (χ1) is 13.1. The van der Waals surface area contributed by atoms with E-state index >= 15 is 0 Å². The summed E-state index contributed by atoms with van der Waals surface area (Å²) in [5.41, 5.74) is 0. The lowest BCUT2D eigenvalue weighted by atomic mass is 10.3. The van der Waals surface area contributed by atoms with Crippen molar-refractivity contribution in [2.75, 3.05) is 25.7 Å². The Hall–Kier alpha value is -2.60. The summed E-state index contributed by atoms with van der Waals surface area (Å²) in [7, 11) is -5.39. The predicted octanol–water partition coefficient (Wildman–Crippen LogP) is 0.268. The number of aromatic nitrogens is 3. The van der Waals surface area contributed by atoms with Crippen molar-refractivity contribution in [1.82, 2.24) is 15.0 Å². The van der Waals surface area contributed by atoms with Crippen LogP contribution in [0.25, 0.3) is 0 Å². The molecule has 0 aliphatic rings. The highest BCUT2D eigenvalue weighted by molar-refractivity contribution is 7.94. The molecular weight excluding hydrogens is 410 g/mol. The van der Waals surface area contributed by atoms with Crippen molar-refractivity contribution < 1.29 is 31.1 Å². The Morgan fingerprint density at radius 3 is 2.18 bits per heavy atom. The van der Waals surface area contributed by atoms with Gasteiger partial charge in [-0.15, -0.1) is 0 Å². The van der Waals surface area contributed by atoms with E-state index in [4.69, 9.17) is 9.47 Å². The summed E-state index contributed by atoms with van der Waals surface area (Å²) in [6.07, 6.45) is 0.748. The zero-order valence-corrected chi connectivity index (χ0v) is 17.1. The van der Waals surface area contributed by atoms with Crippen LogP contribution in [-0.2, 0) is 30.9 Å². The fourth-order valence-electron chi connectivity index (χ4n) is 2.25. The summed E-state index contributed by atoms with van der Waals surface area (Å²) in [5, 5.41) is -0.644. The van der Waals surface area contributed by atoms with Gasteiger partial charge in [0.25, 0.3) is 0 Å². The number of carbonyl (C=O) groups excluding carboxylic acids is 1. The molecule has 0 amide bonds. The van der Waals surface area contributed by atoms with Crippen LogP contribution < -0.4 is 9.47 Å². The standard InChI is InChI=1S/C16H19N3O7S2/c1-4-27(21,22)12-6-5-7-17-16(12)28(23,24)10-11(20)8-13-18-14(25-2)9-15(19-13)26-3/h5-7,9H,4,8,10H2,1-3H3. The van der Waals surface area contributed by atoms with Gasteiger partial charge in [0.05, 0.1) is 32.5 Å². The first-order valence-corrected chi connectivity index (χ1v) is 11.3. The topological polar surface area (TPSA) is 142 Å². The number of pyridine rings is 1. The Kier molecular flexibility index (Phi) is 6.67. The summed E-state index contributed by atoms with van der Waals surface area (Å²) in [5.74, 6) is -1.66. The Morgan fingerprint density at radius 1 is 1.04 bits per heavy atom. The molecule has 0 spiro atoms. The molecule has 12 heteroatoms. The number of Topliss-reactive ketones (excluding diaryl/α,β-unsaturated/α-hetero) is 1. The third kappa shape index (κ3) is 5.01. The molecule has 0 saturated carbocycles. The van der Waals surface area contributed by atoms with E-state index in [1.54, 1.807) is 0 Å². The molecular formula is C16H19N3O7S2. The number of rotatable bonds is 9. The van der Waals surface area contributed by atoms with Crippen LogP contribution in [0.15, 0.2) is 34.3 Å². The van der Waals surface area contributed by atoms with Crippen LogP contribution in [0.2, 0.25) is 0 Å². The lowest BCUT2D eigenvalue weighted by molar-refractivity contribution is -0.116. The van der Waals surface area contributed by atoms with E-state index < -0.39 is 47.6 Å². The van der Waals surface area contributed by atoms with Gasteiger partial charge in [0.15, 0.2) is 20.6 Å².